The van der Waals surface area contributed by atoms with E-state index in [2.05, 4.69) is 174 Å². The maximum absolute atomic E-state index is 4.92. The van der Waals surface area contributed by atoms with E-state index in [0.29, 0.717) is 17.5 Å². The van der Waals surface area contributed by atoms with Crippen molar-refractivity contribution in [2.24, 2.45) is 0 Å². The van der Waals surface area contributed by atoms with Crippen molar-refractivity contribution in [3.05, 3.63) is 231 Å². The summed E-state index contributed by atoms with van der Waals surface area (Å²) in [6.07, 6.45) is 0. The van der Waals surface area contributed by atoms with Crippen molar-refractivity contribution in [1.29, 1.82) is 0 Å². The topological polar surface area (TPSA) is 43.6 Å². The zero-order valence-corrected chi connectivity index (χ0v) is 33.2. The van der Waals surface area contributed by atoms with Gasteiger partial charge in [-0.3, -0.25) is 0 Å². The van der Waals surface area contributed by atoms with Crippen LogP contribution in [0.1, 0.15) is 0 Å². The van der Waals surface area contributed by atoms with Crippen LogP contribution in [0.3, 0.4) is 0 Å². The second-order valence-electron chi connectivity index (χ2n) is 15.3. The third-order valence-corrected chi connectivity index (χ3v) is 11.5. The summed E-state index contributed by atoms with van der Waals surface area (Å²) in [5, 5.41) is 2.48. The number of hydrogen-bond donors (Lipinski definition) is 0. The van der Waals surface area contributed by atoms with Gasteiger partial charge in [0, 0.05) is 33.2 Å². The SMILES string of the molecule is c1ccc(-c2cccc(-c3ccc4c(c3)c3ccccc3n4-c3ccc(-c4cccc(-c5ccc(-c6nc(-c7ccccc7)nc(-c7ccccc7)n6)cc5)c4)cc3)c2)cc1. The molecule has 0 fully saturated rings. The first kappa shape index (κ1) is 35.9. The molecule has 0 N–H and O–H groups in total. The zero-order valence-electron chi connectivity index (χ0n) is 33.2. The minimum absolute atomic E-state index is 0.644. The average molecular weight is 779 g/mol. The lowest BCUT2D eigenvalue weighted by atomic mass is 9.98. The molecule has 11 aromatic rings. The number of rotatable bonds is 8. The summed E-state index contributed by atoms with van der Waals surface area (Å²) in [5.74, 6) is 1.95. The maximum atomic E-state index is 4.92. The minimum Gasteiger partial charge on any atom is -0.309 e. The van der Waals surface area contributed by atoms with E-state index < -0.39 is 0 Å². The molecule has 0 saturated carbocycles. The summed E-state index contributed by atoms with van der Waals surface area (Å²) in [4.78, 5) is 14.7. The molecule has 0 saturated heterocycles. The van der Waals surface area contributed by atoms with Gasteiger partial charge >= 0.3 is 0 Å². The molecule has 0 atom stereocenters. The predicted molar refractivity (Wildman–Crippen MR) is 252 cm³/mol. The second-order valence-corrected chi connectivity index (χ2v) is 15.3. The van der Waals surface area contributed by atoms with Crippen molar-refractivity contribution in [3.63, 3.8) is 0 Å². The summed E-state index contributed by atoms with van der Waals surface area (Å²) in [5.41, 5.74) is 15.8. The van der Waals surface area contributed by atoms with Crippen LogP contribution in [-0.2, 0) is 0 Å². The third kappa shape index (κ3) is 6.96. The van der Waals surface area contributed by atoms with Crippen LogP contribution in [0.5, 0.6) is 0 Å². The molecule has 2 heterocycles. The van der Waals surface area contributed by atoms with Gasteiger partial charge in [-0.1, -0.05) is 188 Å². The molecule has 11 rings (SSSR count). The number of para-hydroxylation sites is 1. The van der Waals surface area contributed by atoms with E-state index in [1.54, 1.807) is 0 Å². The molecular formula is C57H38N4. The highest BCUT2D eigenvalue weighted by molar-refractivity contribution is 6.10. The van der Waals surface area contributed by atoms with Gasteiger partial charge < -0.3 is 4.57 Å². The Hall–Kier alpha value is -8.21. The molecule has 286 valence electrons. The molecule has 4 nitrogen and oxygen atoms in total. The normalized spacial score (nSPS) is 11.3. The van der Waals surface area contributed by atoms with Crippen LogP contribution in [0.4, 0.5) is 0 Å². The van der Waals surface area contributed by atoms with Crippen LogP contribution in [0.15, 0.2) is 231 Å². The van der Waals surface area contributed by atoms with Crippen LogP contribution in [0.25, 0.3) is 106 Å². The van der Waals surface area contributed by atoms with Crippen LogP contribution >= 0.6 is 0 Å². The number of aromatic nitrogens is 4. The lowest BCUT2D eigenvalue weighted by molar-refractivity contribution is 1.07. The van der Waals surface area contributed by atoms with Gasteiger partial charge in [0.2, 0.25) is 0 Å². The first-order valence-corrected chi connectivity index (χ1v) is 20.6. The molecule has 0 radical (unpaired) electrons. The molecule has 9 aromatic carbocycles. The van der Waals surface area contributed by atoms with Crippen molar-refractivity contribution in [1.82, 2.24) is 19.5 Å². The van der Waals surface area contributed by atoms with Crippen molar-refractivity contribution >= 4 is 21.8 Å². The van der Waals surface area contributed by atoms with Crippen molar-refractivity contribution in [3.8, 4) is 84.4 Å². The van der Waals surface area contributed by atoms with Gasteiger partial charge in [-0.15, -0.1) is 0 Å². The molecule has 0 aliphatic rings. The van der Waals surface area contributed by atoms with Gasteiger partial charge in [0.05, 0.1) is 11.0 Å². The number of fused-ring (bicyclic) bond motifs is 3. The van der Waals surface area contributed by atoms with E-state index in [1.165, 1.54) is 44.1 Å². The van der Waals surface area contributed by atoms with Crippen LogP contribution in [-0.4, -0.2) is 19.5 Å². The van der Waals surface area contributed by atoms with Gasteiger partial charge in [0.25, 0.3) is 0 Å². The van der Waals surface area contributed by atoms with E-state index in [4.69, 9.17) is 15.0 Å². The summed E-state index contributed by atoms with van der Waals surface area (Å²) in [6, 6.07) is 81.4. The zero-order chi connectivity index (χ0) is 40.5. The Balaban J connectivity index is 0.889. The molecular weight excluding hydrogens is 741 g/mol. The van der Waals surface area contributed by atoms with Crippen molar-refractivity contribution in [2.45, 2.75) is 0 Å². The van der Waals surface area contributed by atoms with E-state index in [0.717, 1.165) is 44.6 Å². The smallest absolute Gasteiger partial charge is 0.164 e. The molecule has 0 aliphatic carbocycles. The Bertz CT molecular complexity index is 3260. The fourth-order valence-electron chi connectivity index (χ4n) is 8.37. The Kier molecular flexibility index (Phi) is 9.14. The van der Waals surface area contributed by atoms with Gasteiger partial charge in [-0.2, -0.15) is 0 Å². The monoisotopic (exact) mass is 778 g/mol. The Labute approximate surface area is 354 Å². The van der Waals surface area contributed by atoms with Gasteiger partial charge in [0.15, 0.2) is 17.5 Å². The van der Waals surface area contributed by atoms with Crippen LogP contribution < -0.4 is 0 Å². The Morgan fingerprint density at radius 1 is 0.230 bits per heavy atom. The highest BCUT2D eigenvalue weighted by Gasteiger charge is 2.15. The summed E-state index contributed by atoms with van der Waals surface area (Å²) in [6.45, 7) is 0. The largest absolute Gasteiger partial charge is 0.309 e. The van der Waals surface area contributed by atoms with Crippen LogP contribution in [0.2, 0.25) is 0 Å². The average Bonchev–Trinajstić information content (AvgIpc) is 3.68. The van der Waals surface area contributed by atoms with Gasteiger partial charge in [-0.25, -0.2) is 15.0 Å². The maximum Gasteiger partial charge on any atom is 0.164 e. The fourth-order valence-corrected chi connectivity index (χ4v) is 8.37. The van der Waals surface area contributed by atoms with E-state index >= 15 is 0 Å². The lowest BCUT2D eigenvalue weighted by Crippen LogP contribution is -2.00. The second kappa shape index (κ2) is 15.5. The minimum atomic E-state index is 0.644. The molecule has 0 spiro atoms. The molecule has 0 amide bonds. The number of benzene rings is 9. The van der Waals surface area contributed by atoms with Crippen molar-refractivity contribution < 1.29 is 0 Å². The van der Waals surface area contributed by atoms with Gasteiger partial charge in [0.1, 0.15) is 0 Å². The molecule has 0 aliphatic heterocycles. The molecule has 61 heavy (non-hydrogen) atoms. The first-order chi connectivity index (χ1) is 30.2. The van der Waals surface area contributed by atoms with Gasteiger partial charge in [-0.05, 0) is 87.0 Å². The predicted octanol–water partition coefficient (Wildman–Crippen LogP) is 14.6. The highest BCUT2D eigenvalue weighted by atomic mass is 15.0. The fraction of sp³-hybridized carbons (Fsp3) is 0. The highest BCUT2D eigenvalue weighted by Crippen LogP contribution is 2.37. The quantitative estimate of drug-likeness (QED) is 0.154. The summed E-state index contributed by atoms with van der Waals surface area (Å²) < 4.78 is 2.38. The Morgan fingerprint density at radius 2 is 0.574 bits per heavy atom. The third-order valence-electron chi connectivity index (χ3n) is 11.5. The molecule has 0 unspecified atom stereocenters. The van der Waals surface area contributed by atoms with E-state index in [9.17, 15) is 0 Å². The van der Waals surface area contributed by atoms with E-state index in [1.807, 2.05) is 60.7 Å². The number of hydrogen-bond acceptors (Lipinski definition) is 3. The first-order valence-electron chi connectivity index (χ1n) is 20.6. The standard InChI is InChI=1S/C57H38N4/c1-4-14-39(15-5-1)45-20-13-23-48(37-45)49-32-35-54-52(38-49)51-24-10-11-25-53(51)61(54)50-33-30-41(31-34-50)47-22-12-21-46(36-47)40-26-28-44(29-27-40)57-59-55(42-16-6-2-7-17-42)58-56(60-57)43-18-8-3-9-19-43/h1-38H. The Morgan fingerprint density at radius 3 is 1.11 bits per heavy atom. The summed E-state index contributed by atoms with van der Waals surface area (Å²) in [7, 11) is 0. The molecule has 4 heteroatoms. The van der Waals surface area contributed by atoms with E-state index in [-0.39, 0.29) is 0 Å². The molecule has 2 aromatic heterocycles. The lowest BCUT2D eigenvalue weighted by Gasteiger charge is -2.11. The molecule has 0 bridgehead atoms. The van der Waals surface area contributed by atoms with Crippen molar-refractivity contribution in [2.75, 3.05) is 0 Å². The van der Waals surface area contributed by atoms with Crippen LogP contribution in [0, 0.1) is 0 Å². The summed E-state index contributed by atoms with van der Waals surface area (Å²) >= 11 is 0. The number of nitrogens with zero attached hydrogens (tertiary/aromatic N) is 4.